The molecule has 10 rings (SSSR count). The molecule has 4 aliphatic rings. The summed E-state index contributed by atoms with van der Waals surface area (Å²) in [6.07, 6.45) is 17.0. The van der Waals surface area contributed by atoms with E-state index in [9.17, 15) is 19.2 Å². The van der Waals surface area contributed by atoms with Gasteiger partial charge in [-0.3, -0.25) is 19.2 Å². The van der Waals surface area contributed by atoms with Gasteiger partial charge in [0.25, 0.3) is 11.8 Å². The lowest BCUT2D eigenvalue weighted by atomic mass is 9.43. The molecule has 6 aromatic rings. The van der Waals surface area contributed by atoms with E-state index < -0.39 is 10.8 Å². The van der Waals surface area contributed by atoms with E-state index in [1.165, 1.54) is 0 Å². The van der Waals surface area contributed by atoms with Gasteiger partial charge < -0.3 is 21.3 Å². The highest BCUT2D eigenvalue weighted by atomic mass is 35.5. The standard InChI is InChI=1S/C62H70Cl6N8O4/c1-39-53(73-75(51-25-23-47(65)32-49(51)67)55(39)43-15-19-45(63)20-16-43)57(77)69-27-11-7-3-5-9-13-29-71-59(79)61-34-41-31-42(35-61)37-62(36-41,38-61)60(80)72-30-14-10-6-4-8-12-28-70-58(78)54-40(2)56(44-17-21-46(64)22-18-44)76(74-54)52-26-24-48(66)33-50(52)68/h15-26,32-33,41-42H,3-14,27-31,34-38H2,1-2H3,(H,69,77)(H,70,78)(H,71,79)(H,72,80). The molecule has 0 atom stereocenters. The Labute approximate surface area is 499 Å². The Hall–Kier alpha value is -5.08. The molecular weight excluding hydrogens is 1130 g/mol. The maximum Gasteiger partial charge on any atom is 0.272 e. The molecule has 18 heteroatoms. The molecule has 0 unspecified atom stereocenters. The Balaban J connectivity index is 0.643. The third kappa shape index (κ3) is 13.9. The molecule has 4 aromatic carbocycles. The zero-order valence-electron chi connectivity index (χ0n) is 45.5. The number of hydrogen-bond donors (Lipinski definition) is 4. The molecule has 12 nitrogen and oxygen atoms in total. The minimum absolute atomic E-state index is 0.143. The molecule has 424 valence electrons. The summed E-state index contributed by atoms with van der Waals surface area (Å²) in [5, 5.41) is 25.3. The van der Waals surface area contributed by atoms with Gasteiger partial charge in [-0.15, -0.1) is 0 Å². The van der Waals surface area contributed by atoms with Crippen molar-refractivity contribution in [3.05, 3.63) is 138 Å². The summed E-state index contributed by atoms with van der Waals surface area (Å²) in [5.41, 5.74) is 5.63. The predicted octanol–water partition coefficient (Wildman–Crippen LogP) is 15.6. The van der Waals surface area contributed by atoms with E-state index in [1.807, 2.05) is 38.1 Å². The maximum absolute atomic E-state index is 14.0. The normalized spacial score (nSPS) is 19.1. The van der Waals surface area contributed by atoms with Crippen LogP contribution in [0.2, 0.25) is 30.1 Å². The number of carbonyl (C=O) groups is 4. The summed E-state index contributed by atoms with van der Waals surface area (Å²) >= 11 is 38.0. The lowest BCUT2D eigenvalue weighted by molar-refractivity contribution is -0.167. The maximum atomic E-state index is 14.0. The zero-order chi connectivity index (χ0) is 56.6. The van der Waals surface area contributed by atoms with Crippen LogP contribution in [0, 0.1) is 36.5 Å². The molecule has 4 amide bonds. The molecule has 4 bridgehead atoms. The highest BCUT2D eigenvalue weighted by Gasteiger charge is 2.63. The minimum atomic E-state index is -0.450. The van der Waals surface area contributed by atoms with Gasteiger partial charge >= 0.3 is 0 Å². The van der Waals surface area contributed by atoms with Gasteiger partial charge in [0.15, 0.2) is 11.4 Å². The second kappa shape index (κ2) is 26.9. The Bertz CT molecular complexity index is 2970. The molecule has 4 saturated carbocycles. The quantitative estimate of drug-likeness (QED) is 0.0397. The number of rotatable bonds is 26. The average molecular weight is 1200 g/mol. The van der Waals surface area contributed by atoms with E-state index in [0.29, 0.717) is 97.3 Å². The molecule has 4 N–H and O–H groups in total. The lowest BCUT2D eigenvalue weighted by Gasteiger charge is -2.60. The van der Waals surface area contributed by atoms with Crippen molar-refractivity contribution in [3.63, 3.8) is 0 Å². The van der Waals surface area contributed by atoms with E-state index in [-0.39, 0.29) is 23.6 Å². The van der Waals surface area contributed by atoms with Crippen LogP contribution in [0.1, 0.15) is 148 Å². The molecule has 4 fully saturated rings. The first-order chi connectivity index (χ1) is 38.5. The predicted molar refractivity (Wildman–Crippen MR) is 323 cm³/mol. The van der Waals surface area contributed by atoms with Gasteiger partial charge in [0.2, 0.25) is 11.8 Å². The summed E-state index contributed by atoms with van der Waals surface area (Å²) in [4.78, 5) is 55.0. The van der Waals surface area contributed by atoms with Crippen molar-refractivity contribution in [2.45, 2.75) is 129 Å². The second-order valence-electron chi connectivity index (χ2n) is 22.5. The smallest absolute Gasteiger partial charge is 0.272 e. The van der Waals surface area contributed by atoms with Crippen molar-refractivity contribution in [3.8, 4) is 33.9 Å². The Morgan fingerprint density at radius 1 is 0.463 bits per heavy atom. The van der Waals surface area contributed by atoms with E-state index in [0.717, 1.165) is 143 Å². The number of unbranched alkanes of at least 4 members (excludes halogenated alkanes) is 10. The SMILES string of the molecule is Cc1c(C(=O)NCCCCCCCCNC(=O)C23CC4CC(C2)CC(C(=O)NCCCCCCCCNC(=O)c2nn(-c5ccc(Cl)cc5Cl)c(-c5ccc(Cl)cc5)c2C)(C4)C3)nn(-c2ccc(Cl)cc2Cl)c1-c1ccc(Cl)cc1. The van der Waals surface area contributed by atoms with Gasteiger partial charge in [-0.25, -0.2) is 9.36 Å². The molecule has 4 aliphatic carbocycles. The van der Waals surface area contributed by atoms with Crippen LogP contribution < -0.4 is 21.3 Å². The molecule has 0 aliphatic heterocycles. The minimum Gasteiger partial charge on any atom is -0.356 e. The average Bonchev–Trinajstić information content (AvgIpc) is 3.94. The van der Waals surface area contributed by atoms with E-state index in [1.54, 1.807) is 70.0 Å². The van der Waals surface area contributed by atoms with Gasteiger partial charge in [-0.05, 0) is 151 Å². The number of amides is 4. The molecule has 0 radical (unpaired) electrons. The summed E-state index contributed by atoms with van der Waals surface area (Å²) in [5.74, 6) is 0.642. The third-order valence-corrected chi connectivity index (χ3v) is 18.1. The van der Waals surface area contributed by atoms with Gasteiger partial charge in [0, 0.05) is 68.5 Å². The van der Waals surface area contributed by atoms with Crippen molar-refractivity contribution >= 4 is 93.2 Å². The number of nitrogens with zero attached hydrogens (tertiary/aromatic N) is 4. The molecule has 80 heavy (non-hydrogen) atoms. The molecule has 0 spiro atoms. The van der Waals surface area contributed by atoms with Crippen LogP contribution in [0.15, 0.2) is 84.9 Å². The van der Waals surface area contributed by atoms with Crippen LogP contribution in [0.4, 0.5) is 0 Å². The van der Waals surface area contributed by atoms with Gasteiger partial charge in [-0.2, -0.15) is 10.2 Å². The first-order valence-electron chi connectivity index (χ1n) is 28.3. The molecular formula is C62H70Cl6N8O4. The van der Waals surface area contributed by atoms with Crippen LogP contribution in [0.5, 0.6) is 0 Å². The molecule has 0 saturated heterocycles. The summed E-state index contributed by atoms with van der Waals surface area (Å²) in [6.45, 7) is 6.12. The van der Waals surface area contributed by atoms with E-state index in [4.69, 9.17) is 79.8 Å². The Morgan fingerprint density at radius 2 is 0.787 bits per heavy atom. The van der Waals surface area contributed by atoms with Gasteiger partial charge in [0.05, 0.1) is 43.6 Å². The van der Waals surface area contributed by atoms with Gasteiger partial charge in [0.1, 0.15) is 0 Å². The van der Waals surface area contributed by atoms with Crippen molar-refractivity contribution in [1.82, 2.24) is 40.8 Å². The van der Waals surface area contributed by atoms with E-state index >= 15 is 0 Å². The monoisotopic (exact) mass is 1200 g/mol. The number of carbonyl (C=O) groups excluding carboxylic acids is 4. The van der Waals surface area contributed by atoms with E-state index in [2.05, 4.69) is 21.3 Å². The van der Waals surface area contributed by atoms with Crippen LogP contribution >= 0.6 is 69.6 Å². The Morgan fingerprint density at radius 3 is 1.14 bits per heavy atom. The highest BCUT2D eigenvalue weighted by molar-refractivity contribution is 6.36. The van der Waals surface area contributed by atoms with Crippen molar-refractivity contribution < 1.29 is 19.2 Å². The number of hydrogen-bond acceptors (Lipinski definition) is 6. The number of halogens is 6. The first kappa shape index (κ1) is 59.5. The second-order valence-corrected chi connectivity index (χ2v) is 25.0. The highest BCUT2D eigenvalue weighted by Crippen LogP contribution is 2.65. The third-order valence-electron chi connectivity index (χ3n) is 16.6. The fourth-order valence-electron chi connectivity index (χ4n) is 13.0. The zero-order valence-corrected chi connectivity index (χ0v) is 50.0. The Kier molecular flexibility index (Phi) is 20.0. The summed E-state index contributed by atoms with van der Waals surface area (Å²) in [6, 6.07) is 25.2. The fraction of sp³-hybridized carbons (Fsp3) is 0.452. The fourth-order valence-corrected chi connectivity index (χ4v) is 14.3. The number of nitrogens with one attached hydrogen (secondary N) is 4. The lowest BCUT2D eigenvalue weighted by Crippen LogP contribution is -2.61. The van der Waals surface area contributed by atoms with Crippen molar-refractivity contribution in [1.29, 1.82) is 0 Å². The van der Waals surface area contributed by atoms with Crippen molar-refractivity contribution in [2.75, 3.05) is 26.2 Å². The summed E-state index contributed by atoms with van der Waals surface area (Å²) < 4.78 is 3.38. The number of benzene rings is 4. The van der Waals surface area contributed by atoms with Crippen LogP contribution in [0.25, 0.3) is 33.9 Å². The van der Waals surface area contributed by atoms with Crippen LogP contribution in [0.3, 0.4) is 0 Å². The molecule has 2 aromatic heterocycles. The molecule has 2 heterocycles. The van der Waals surface area contributed by atoms with Crippen molar-refractivity contribution in [2.24, 2.45) is 22.7 Å². The van der Waals surface area contributed by atoms with Crippen LogP contribution in [-0.4, -0.2) is 69.4 Å². The topological polar surface area (TPSA) is 152 Å². The summed E-state index contributed by atoms with van der Waals surface area (Å²) in [7, 11) is 0. The largest absolute Gasteiger partial charge is 0.356 e. The number of aromatic nitrogens is 4. The first-order valence-corrected chi connectivity index (χ1v) is 30.6. The van der Waals surface area contributed by atoms with Gasteiger partial charge in [-0.1, -0.05) is 145 Å². The van der Waals surface area contributed by atoms with Crippen LogP contribution in [-0.2, 0) is 9.59 Å².